The molecule has 0 aromatic carbocycles. The summed E-state index contributed by atoms with van der Waals surface area (Å²) in [6, 6.07) is 1.02. The van der Waals surface area contributed by atoms with Crippen molar-refractivity contribution in [1.29, 1.82) is 0 Å². The van der Waals surface area contributed by atoms with Gasteiger partial charge in [-0.1, -0.05) is 39.0 Å². The van der Waals surface area contributed by atoms with Crippen molar-refractivity contribution in [3.05, 3.63) is 29.3 Å². The van der Waals surface area contributed by atoms with Crippen molar-refractivity contribution in [3.8, 4) is 0 Å². The third-order valence-corrected chi connectivity index (χ3v) is 6.65. The number of aromatic nitrogens is 1. The average Bonchev–Trinajstić information content (AvgIpc) is 2.64. The first-order chi connectivity index (χ1) is 12.1. The Morgan fingerprint density at radius 3 is 2.08 bits per heavy atom. The van der Waals surface area contributed by atoms with Crippen LogP contribution in [0.25, 0.3) is 0 Å². The molecule has 0 atom stereocenters. The fourth-order valence-electron chi connectivity index (χ4n) is 5.09. The third-order valence-electron chi connectivity index (χ3n) is 6.65. The molecule has 0 spiro atoms. The molecular formula is C21H30F3N. The van der Waals surface area contributed by atoms with E-state index >= 15 is 0 Å². The van der Waals surface area contributed by atoms with E-state index in [1.54, 1.807) is 0 Å². The molecule has 2 aliphatic carbocycles. The minimum atomic E-state index is -1.34. The molecule has 0 N–H and O–H groups in total. The quantitative estimate of drug-likeness (QED) is 0.532. The summed E-state index contributed by atoms with van der Waals surface area (Å²) in [5, 5.41) is 0. The van der Waals surface area contributed by atoms with Crippen LogP contribution in [0.3, 0.4) is 0 Å². The molecule has 3 rings (SSSR count). The van der Waals surface area contributed by atoms with Gasteiger partial charge in [0.15, 0.2) is 5.82 Å². The van der Waals surface area contributed by atoms with Gasteiger partial charge in [-0.2, -0.15) is 13.8 Å². The summed E-state index contributed by atoms with van der Waals surface area (Å²) < 4.78 is 40.3. The second kappa shape index (κ2) is 8.55. The maximum absolute atomic E-state index is 13.9. The number of pyridine rings is 1. The first-order valence-corrected chi connectivity index (χ1v) is 10.1. The van der Waals surface area contributed by atoms with Gasteiger partial charge in [0.2, 0.25) is 5.95 Å². The van der Waals surface area contributed by atoms with E-state index in [1.165, 1.54) is 44.9 Å². The zero-order valence-electron chi connectivity index (χ0n) is 15.2. The van der Waals surface area contributed by atoms with Crippen molar-refractivity contribution >= 4 is 0 Å². The molecule has 0 bridgehead atoms. The average molecular weight is 353 g/mol. The first-order valence-electron chi connectivity index (χ1n) is 10.1. The fourth-order valence-corrected chi connectivity index (χ4v) is 5.09. The Bertz CT molecular complexity index is 559. The highest BCUT2D eigenvalue weighted by atomic mass is 19.2. The van der Waals surface area contributed by atoms with Crippen LogP contribution in [0.2, 0.25) is 0 Å². The Morgan fingerprint density at radius 2 is 1.48 bits per heavy atom. The van der Waals surface area contributed by atoms with Crippen molar-refractivity contribution in [2.45, 2.75) is 83.5 Å². The Balaban J connectivity index is 1.50. The second-order valence-electron chi connectivity index (χ2n) is 8.18. The van der Waals surface area contributed by atoms with E-state index in [9.17, 15) is 13.2 Å². The Hall–Kier alpha value is -1.06. The molecule has 1 heterocycles. The number of hydrogen-bond acceptors (Lipinski definition) is 1. The predicted molar refractivity (Wildman–Crippen MR) is 93.8 cm³/mol. The number of halogens is 3. The summed E-state index contributed by atoms with van der Waals surface area (Å²) in [7, 11) is 0. The summed E-state index contributed by atoms with van der Waals surface area (Å²) in [5.74, 6) is -0.761. The molecule has 0 aliphatic heterocycles. The van der Waals surface area contributed by atoms with Gasteiger partial charge < -0.3 is 0 Å². The molecule has 140 valence electrons. The minimum absolute atomic E-state index is 0.0141. The van der Waals surface area contributed by atoms with E-state index in [2.05, 4.69) is 11.9 Å². The van der Waals surface area contributed by atoms with Crippen LogP contribution in [0.15, 0.2) is 6.07 Å². The summed E-state index contributed by atoms with van der Waals surface area (Å²) in [6.45, 7) is 2.26. The number of hydrogen-bond donors (Lipinski definition) is 0. The van der Waals surface area contributed by atoms with Crippen LogP contribution < -0.4 is 0 Å². The van der Waals surface area contributed by atoms with Crippen LogP contribution in [0.5, 0.6) is 0 Å². The molecule has 0 unspecified atom stereocenters. The highest BCUT2D eigenvalue weighted by molar-refractivity contribution is 5.19. The lowest BCUT2D eigenvalue weighted by atomic mass is 9.68. The van der Waals surface area contributed by atoms with Gasteiger partial charge in [-0.3, -0.25) is 0 Å². The molecule has 25 heavy (non-hydrogen) atoms. The maximum Gasteiger partial charge on any atom is 0.251 e. The lowest BCUT2D eigenvalue weighted by Gasteiger charge is -2.38. The van der Waals surface area contributed by atoms with Crippen molar-refractivity contribution in [3.63, 3.8) is 0 Å². The maximum atomic E-state index is 13.9. The highest BCUT2D eigenvalue weighted by Crippen LogP contribution is 2.44. The molecule has 2 fully saturated rings. The van der Waals surface area contributed by atoms with Crippen molar-refractivity contribution in [1.82, 2.24) is 4.98 Å². The Morgan fingerprint density at radius 1 is 0.880 bits per heavy atom. The fraction of sp³-hybridized carbons (Fsp3) is 0.762. The molecule has 4 heteroatoms. The van der Waals surface area contributed by atoms with Crippen LogP contribution in [-0.2, 0) is 0 Å². The van der Waals surface area contributed by atoms with Gasteiger partial charge >= 0.3 is 0 Å². The standard InChI is InChI=1S/C21H30F3N/c1-2-3-4-14-5-7-15(8-6-14)16-9-11-17(12-10-16)18-13-19(22)21(24)25-20(18)23/h13-17H,2-12H2,1H3/t14-,15-,16-,17-. The largest absolute Gasteiger partial charge is 0.251 e. The van der Waals surface area contributed by atoms with Crippen LogP contribution in [-0.4, -0.2) is 4.98 Å². The predicted octanol–water partition coefficient (Wildman–Crippen LogP) is 6.77. The zero-order valence-corrected chi connectivity index (χ0v) is 15.2. The lowest BCUT2D eigenvalue weighted by Crippen LogP contribution is -2.25. The molecule has 0 amide bonds. The molecule has 0 saturated heterocycles. The Labute approximate surface area is 149 Å². The third kappa shape index (κ3) is 4.57. The summed E-state index contributed by atoms with van der Waals surface area (Å²) >= 11 is 0. The first kappa shape index (κ1) is 18.7. The summed E-state index contributed by atoms with van der Waals surface area (Å²) in [6.07, 6.45) is 13.3. The van der Waals surface area contributed by atoms with Crippen LogP contribution in [0.4, 0.5) is 13.2 Å². The van der Waals surface area contributed by atoms with Gasteiger partial charge in [0.1, 0.15) is 0 Å². The SMILES string of the molecule is CCCC[C@H]1CC[C@H]([C@H]2CC[C@H](c3cc(F)c(F)nc3F)CC2)CC1. The van der Waals surface area contributed by atoms with Crippen molar-refractivity contribution < 1.29 is 13.2 Å². The number of rotatable bonds is 5. The molecule has 2 saturated carbocycles. The van der Waals surface area contributed by atoms with Gasteiger partial charge in [0, 0.05) is 5.56 Å². The van der Waals surface area contributed by atoms with Crippen molar-refractivity contribution in [2.24, 2.45) is 17.8 Å². The Kier molecular flexibility index (Phi) is 6.40. The topological polar surface area (TPSA) is 12.9 Å². The molecule has 2 aliphatic rings. The van der Waals surface area contributed by atoms with Gasteiger partial charge in [0.05, 0.1) is 0 Å². The summed E-state index contributed by atoms with van der Waals surface area (Å²) in [4.78, 5) is 3.08. The smallest absolute Gasteiger partial charge is 0.202 e. The molecule has 0 radical (unpaired) electrons. The van der Waals surface area contributed by atoms with Crippen LogP contribution >= 0.6 is 0 Å². The van der Waals surface area contributed by atoms with Gasteiger partial charge in [0.25, 0.3) is 5.95 Å². The normalized spacial score (nSPS) is 30.4. The van der Waals surface area contributed by atoms with Crippen molar-refractivity contribution in [2.75, 3.05) is 0 Å². The van der Waals surface area contributed by atoms with Crippen LogP contribution in [0.1, 0.15) is 89.0 Å². The number of nitrogens with zero attached hydrogens (tertiary/aromatic N) is 1. The van der Waals surface area contributed by atoms with E-state index in [0.717, 1.165) is 49.5 Å². The molecular weight excluding hydrogens is 323 g/mol. The van der Waals surface area contributed by atoms with E-state index < -0.39 is 17.7 Å². The van der Waals surface area contributed by atoms with Gasteiger partial charge in [-0.25, -0.2) is 4.39 Å². The lowest BCUT2D eigenvalue weighted by molar-refractivity contribution is 0.155. The minimum Gasteiger partial charge on any atom is -0.202 e. The van der Waals surface area contributed by atoms with Crippen LogP contribution in [0, 0.1) is 35.5 Å². The van der Waals surface area contributed by atoms with Gasteiger partial charge in [-0.05, 0) is 68.3 Å². The number of unbranched alkanes of at least 4 members (excludes halogenated alkanes) is 1. The highest BCUT2D eigenvalue weighted by Gasteiger charge is 2.32. The molecule has 1 aromatic rings. The monoisotopic (exact) mass is 353 g/mol. The van der Waals surface area contributed by atoms with Gasteiger partial charge in [-0.15, -0.1) is 0 Å². The summed E-state index contributed by atoms with van der Waals surface area (Å²) in [5.41, 5.74) is 0.264. The van der Waals surface area contributed by atoms with E-state index in [-0.39, 0.29) is 11.5 Å². The zero-order chi connectivity index (χ0) is 17.8. The molecule has 1 nitrogen and oxygen atoms in total. The van der Waals surface area contributed by atoms with E-state index in [0.29, 0.717) is 0 Å². The second-order valence-corrected chi connectivity index (χ2v) is 8.18. The molecule has 1 aromatic heterocycles. The van der Waals surface area contributed by atoms with E-state index in [4.69, 9.17) is 0 Å². The van der Waals surface area contributed by atoms with E-state index in [1.807, 2.05) is 0 Å².